The Bertz CT molecular complexity index is 3120. The molecule has 3 unspecified atom stereocenters. The number of furan rings is 1. The summed E-state index contributed by atoms with van der Waals surface area (Å²) in [6.45, 7) is 17.1. The van der Waals surface area contributed by atoms with E-state index in [0.717, 1.165) is 22.5 Å². The van der Waals surface area contributed by atoms with E-state index in [0.29, 0.717) is 0 Å². The standard InChI is InChI=1S/C56H51BNO/c1-53(2,3)34-28-44-48-45(29-34)57-51-40(31-41-38-19-11-13-21-47(38)59-52(41)49(51)50(48)56(7)25-15-14-24-55(44,56)6)39-26-32-16-8-9-17-33(32)27-46(39)58-35-22-23-37-36-18-10-12-20-42(36)54(4,5)43(37)30-35/h8-13,16-23,26-31,50,58H,14-15,24-25H2,1-7H3. The lowest BCUT2D eigenvalue weighted by Crippen LogP contribution is -2.46. The quantitative estimate of drug-likeness (QED) is 0.181. The van der Waals surface area contributed by atoms with Gasteiger partial charge in [-0.3, -0.25) is 0 Å². The number of hydrogen-bond donors (Lipinski definition) is 1. The van der Waals surface area contributed by atoms with Crippen LogP contribution in [0.2, 0.25) is 0 Å². The first-order chi connectivity index (χ1) is 28.3. The molecule has 1 radical (unpaired) electrons. The molecule has 0 amide bonds. The largest absolute Gasteiger partial charge is 0.456 e. The Balaban J connectivity index is 1.14. The molecule has 1 fully saturated rings. The summed E-state index contributed by atoms with van der Waals surface area (Å²) in [6.07, 6.45) is 4.98. The van der Waals surface area contributed by atoms with Crippen molar-refractivity contribution in [3.05, 3.63) is 155 Å². The van der Waals surface area contributed by atoms with Crippen molar-refractivity contribution in [1.29, 1.82) is 0 Å². The summed E-state index contributed by atoms with van der Waals surface area (Å²) in [5, 5.41) is 8.92. The topological polar surface area (TPSA) is 25.2 Å². The molecule has 4 aliphatic rings. The van der Waals surface area contributed by atoms with Crippen molar-refractivity contribution in [3.8, 4) is 22.3 Å². The summed E-state index contributed by atoms with van der Waals surface area (Å²) in [5.74, 6) is 0.229. The molecule has 2 nitrogen and oxygen atoms in total. The maximum absolute atomic E-state index is 7.10. The third-order valence-corrected chi connectivity index (χ3v) is 15.9. The van der Waals surface area contributed by atoms with Gasteiger partial charge in [0, 0.05) is 39.0 Å². The van der Waals surface area contributed by atoms with Crippen LogP contribution in [-0.2, 0) is 16.2 Å². The molecule has 1 aliphatic heterocycles. The van der Waals surface area contributed by atoms with Crippen LogP contribution in [0, 0.1) is 5.41 Å². The Kier molecular flexibility index (Phi) is 7.09. The van der Waals surface area contributed by atoms with Gasteiger partial charge in [-0.05, 0) is 126 Å². The van der Waals surface area contributed by atoms with Crippen molar-refractivity contribution in [3.63, 3.8) is 0 Å². The van der Waals surface area contributed by atoms with Gasteiger partial charge in [0.1, 0.15) is 11.2 Å². The summed E-state index contributed by atoms with van der Waals surface area (Å²) in [7, 11) is 2.56. The molecule has 0 spiro atoms. The minimum atomic E-state index is -0.0829. The molecule has 2 heterocycles. The zero-order chi connectivity index (χ0) is 40.2. The average Bonchev–Trinajstić information content (AvgIpc) is 3.79. The second-order valence-electron chi connectivity index (χ2n) is 20.3. The smallest absolute Gasteiger partial charge is 0.193 e. The highest BCUT2D eigenvalue weighted by atomic mass is 16.3. The number of benzene rings is 7. The van der Waals surface area contributed by atoms with Gasteiger partial charge in [0.25, 0.3) is 0 Å². The highest BCUT2D eigenvalue weighted by molar-refractivity contribution is 6.71. The van der Waals surface area contributed by atoms with Crippen LogP contribution in [0.1, 0.15) is 113 Å². The second-order valence-corrected chi connectivity index (χ2v) is 20.3. The van der Waals surface area contributed by atoms with Gasteiger partial charge in [-0.15, -0.1) is 0 Å². The molecular formula is C56H51BNO. The molecule has 1 N–H and O–H groups in total. The molecule has 1 saturated carbocycles. The summed E-state index contributed by atoms with van der Waals surface area (Å²) in [6, 6.07) is 45.9. The van der Waals surface area contributed by atoms with Gasteiger partial charge >= 0.3 is 0 Å². The minimum absolute atomic E-state index is 0.0336. The number of anilines is 2. The summed E-state index contributed by atoms with van der Waals surface area (Å²) >= 11 is 0. The highest BCUT2D eigenvalue weighted by Gasteiger charge is 2.61. The normalized spacial score (nSPS) is 22.1. The van der Waals surface area contributed by atoms with E-state index < -0.39 is 0 Å². The zero-order valence-corrected chi connectivity index (χ0v) is 35.4. The van der Waals surface area contributed by atoms with Crippen molar-refractivity contribution < 1.29 is 4.42 Å². The fourth-order valence-corrected chi connectivity index (χ4v) is 12.4. The molecule has 289 valence electrons. The average molecular weight is 765 g/mol. The van der Waals surface area contributed by atoms with Crippen molar-refractivity contribution in [1.82, 2.24) is 0 Å². The van der Waals surface area contributed by atoms with E-state index >= 15 is 0 Å². The Morgan fingerprint density at radius 3 is 2.19 bits per heavy atom. The predicted octanol–water partition coefficient (Wildman–Crippen LogP) is 13.7. The third kappa shape index (κ3) is 4.71. The van der Waals surface area contributed by atoms with Crippen LogP contribution in [-0.4, -0.2) is 7.28 Å². The molecule has 0 bridgehead atoms. The molecule has 0 saturated heterocycles. The SMILES string of the molecule is CC(C)(C)c1cc2c3c(c1)C1(C)CCCCC1(C)C3c1c(c(-c3cc4ccccc4cc3Nc3ccc4c(c3)C(C)(C)c3ccccc3-4)cc3c1oc1ccccc13)[B]2. The van der Waals surface area contributed by atoms with Crippen LogP contribution in [0.4, 0.5) is 11.4 Å². The second kappa shape index (κ2) is 11.8. The summed E-state index contributed by atoms with van der Waals surface area (Å²) in [5.41, 5.74) is 20.9. The van der Waals surface area contributed by atoms with Crippen LogP contribution in [0.15, 0.2) is 126 Å². The maximum Gasteiger partial charge on any atom is 0.193 e. The predicted molar refractivity (Wildman–Crippen MR) is 250 cm³/mol. The first-order valence-electron chi connectivity index (χ1n) is 21.9. The van der Waals surface area contributed by atoms with Gasteiger partial charge in [0.05, 0.1) is 0 Å². The molecule has 1 aromatic heterocycles. The lowest BCUT2D eigenvalue weighted by molar-refractivity contribution is 0.0927. The number of nitrogens with one attached hydrogen (secondary N) is 1. The first kappa shape index (κ1) is 35.4. The van der Waals surface area contributed by atoms with Crippen molar-refractivity contribution in [2.75, 3.05) is 5.32 Å². The Hall–Kier alpha value is -5.54. The lowest BCUT2D eigenvalue weighted by Gasteiger charge is -2.49. The van der Waals surface area contributed by atoms with Crippen LogP contribution in [0.3, 0.4) is 0 Å². The van der Waals surface area contributed by atoms with E-state index in [1.54, 1.807) is 11.1 Å². The number of para-hydroxylation sites is 1. The molecule has 3 atom stereocenters. The number of hydrogen-bond acceptors (Lipinski definition) is 2. The minimum Gasteiger partial charge on any atom is -0.456 e. The third-order valence-electron chi connectivity index (χ3n) is 15.9. The van der Waals surface area contributed by atoms with E-state index in [2.05, 4.69) is 182 Å². The van der Waals surface area contributed by atoms with E-state index in [1.165, 1.54) is 103 Å². The molecule has 8 aromatic rings. The Labute approximate surface area is 349 Å². The number of fused-ring (bicyclic) bond motifs is 13. The van der Waals surface area contributed by atoms with E-state index in [4.69, 9.17) is 4.42 Å². The molecule has 3 heteroatoms. The van der Waals surface area contributed by atoms with E-state index in [9.17, 15) is 0 Å². The molecule has 12 rings (SSSR count). The summed E-state index contributed by atoms with van der Waals surface area (Å²) in [4.78, 5) is 0. The van der Waals surface area contributed by atoms with Crippen LogP contribution in [0.25, 0.3) is 55.0 Å². The fourth-order valence-electron chi connectivity index (χ4n) is 12.4. The van der Waals surface area contributed by atoms with Gasteiger partial charge in [-0.1, -0.05) is 157 Å². The lowest BCUT2D eigenvalue weighted by atomic mass is 9.48. The fraction of sp³-hybridized carbons (Fsp3) is 0.286. The molecule has 7 aromatic carbocycles. The maximum atomic E-state index is 7.10. The molecule has 3 aliphatic carbocycles. The highest BCUT2D eigenvalue weighted by Crippen LogP contribution is 2.68. The van der Waals surface area contributed by atoms with Crippen LogP contribution >= 0.6 is 0 Å². The Morgan fingerprint density at radius 1 is 0.627 bits per heavy atom. The van der Waals surface area contributed by atoms with Crippen molar-refractivity contribution in [2.24, 2.45) is 5.41 Å². The van der Waals surface area contributed by atoms with Gasteiger partial charge in [0.15, 0.2) is 7.28 Å². The zero-order valence-electron chi connectivity index (χ0n) is 35.4. The van der Waals surface area contributed by atoms with Gasteiger partial charge in [-0.2, -0.15) is 0 Å². The first-order valence-corrected chi connectivity index (χ1v) is 21.9. The van der Waals surface area contributed by atoms with Crippen molar-refractivity contribution in [2.45, 2.75) is 96.3 Å². The van der Waals surface area contributed by atoms with Gasteiger partial charge in [0.2, 0.25) is 0 Å². The Morgan fingerprint density at radius 2 is 1.36 bits per heavy atom. The van der Waals surface area contributed by atoms with Gasteiger partial charge < -0.3 is 9.73 Å². The molecule has 59 heavy (non-hydrogen) atoms. The summed E-state index contributed by atoms with van der Waals surface area (Å²) < 4.78 is 7.10. The monoisotopic (exact) mass is 764 g/mol. The van der Waals surface area contributed by atoms with E-state index in [-0.39, 0.29) is 27.6 Å². The van der Waals surface area contributed by atoms with Crippen LogP contribution < -0.4 is 16.2 Å². The van der Waals surface area contributed by atoms with Crippen LogP contribution in [0.5, 0.6) is 0 Å². The van der Waals surface area contributed by atoms with E-state index in [1.807, 2.05) is 0 Å². The van der Waals surface area contributed by atoms with Crippen molar-refractivity contribution >= 4 is 62.3 Å². The number of rotatable bonds is 3. The molecular weight excluding hydrogens is 713 g/mol. The van der Waals surface area contributed by atoms with Gasteiger partial charge in [-0.25, -0.2) is 0 Å².